The van der Waals surface area contributed by atoms with Crippen LogP contribution in [0.4, 0.5) is 0 Å². The Bertz CT molecular complexity index is 589. The molecular formula is C25H42OS2Sn. The van der Waals surface area contributed by atoms with Crippen LogP contribution in [-0.4, -0.2) is 41.6 Å². The van der Waals surface area contributed by atoms with Gasteiger partial charge in [0.2, 0.25) is 0 Å². The summed E-state index contributed by atoms with van der Waals surface area (Å²) in [6.07, 6.45) is 11.6. The second-order valence-electron chi connectivity index (χ2n) is 8.41. The molecule has 0 atom stereocenters. The van der Waals surface area contributed by atoms with Gasteiger partial charge in [-0.05, 0) is 0 Å². The monoisotopic (exact) mass is 542 g/mol. The van der Waals surface area contributed by atoms with Crippen LogP contribution in [0.25, 0.3) is 3.59 Å². The van der Waals surface area contributed by atoms with Gasteiger partial charge in [-0.1, -0.05) is 0 Å². The predicted molar refractivity (Wildman–Crippen MR) is 139 cm³/mol. The normalized spacial score (nSPS) is 16.3. The summed E-state index contributed by atoms with van der Waals surface area (Å²) < 4.78 is 6.58. The van der Waals surface area contributed by atoms with E-state index in [4.69, 9.17) is 0 Å². The van der Waals surface area contributed by atoms with E-state index in [1.807, 2.05) is 0 Å². The molecule has 1 aliphatic heterocycles. The summed E-state index contributed by atoms with van der Waals surface area (Å²) in [6, 6.07) is 9.24. The molecule has 1 fully saturated rings. The standard InChI is InChI=1S/C13H15OS2.3C4H9.Sn/c14-8-3-6-11-5-1-2-7-12(11)13-15-9-4-10-16-13;3*1-3-4-2;/h1-3,5,7,13-14H,4,8-10H2;3*1,3-4H2,2H3;. The molecule has 4 heteroatoms. The molecule has 1 aliphatic rings. The van der Waals surface area contributed by atoms with Gasteiger partial charge in [0.15, 0.2) is 0 Å². The Morgan fingerprint density at radius 3 is 2.03 bits per heavy atom. The zero-order chi connectivity index (χ0) is 21.0. The van der Waals surface area contributed by atoms with Crippen LogP contribution in [0.3, 0.4) is 0 Å². The minimum atomic E-state index is -2.62. The van der Waals surface area contributed by atoms with E-state index in [0.29, 0.717) is 4.58 Å². The van der Waals surface area contributed by atoms with Gasteiger partial charge in [-0.2, -0.15) is 0 Å². The fraction of sp³-hybridized carbons (Fsp3) is 0.680. The summed E-state index contributed by atoms with van der Waals surface area (Å²) in [4.78, 5) is 0. The van der Waals surface area contributed by atoms with Gasteiger partial charge in [0.05, 0.1) is 0 Å². The molecule has 0 aliphatic carbocycles. The fourth-order valence-corrected chi connectivity index (χ4v) is 24.7. The first-order valence-corrected chi connectivity index (χ1v) is 21.4. The molecule has 0 saturated carbocycles. The molecule has 0 amide bonds. The molecule has 1 aromatic carbocycles. The van der Waals surface area contributed by atoms with Crippen molar-refractivity contribution < 1.29 is 5.11 Å². The van der Waals surface area contributed by atoms with Crippen LogP contribution in [0.1, 0.15) is 81.4 Å². The zero-order valence-corrected chi connectivity index (χ0v) is 23.4. The number of hydrogen-bond acceptors (Lipinski definition) is 3. The van der Waals surface area contributed by atoms with Gasteiger partial charge in [-0.25, -0.2) is 0 Å². The van der Waals surface area contributed by atoms with Crippen molar-refractivity contribution in [1.29, 1.82) is 0 Å². The summed E-state index contributed by atoms with van der Waals surface area (Å²) in [6.45, 7) is 7.22. The van der Waals surface area contributed by atoms with Crippen molar-refractivity contribution in [3.8, 4) is 0 Å². The second-order valence-corrected chi connectivity index (χ2v) is 24.3. The van der Waals surface area contributed by atoms with Crippen LogP contribution in [0.15, 0.2) is 30.3 Å². The molecule has 0 bridgehead atoms. The van der Waals surface area contributed by atoms with Gasteiger partial charge in [0, 0.05) is 0 Å². The Hall–Kier alpha value is 0.419. The Balaban J connectivity index is 2.52. The maximum absolute atomic E-state index is 10.1. The Morgan fingerprint density at radius 1 is 0.966 bits per heavy atom. The van der Waals surface area contributed by atoms with Crippen LogP contribution >= 0.6 is 23.5 Å². The van der Waals surface area contributed by atoms with E-state index >= 15 is 0 Å². The number of aliphatic hydroxyl groups is 1. The molecule has 2 rings (SSSR count). The summed E-state index contributed by atoms with van der Waals surface area (Å²) in [5.74, 6) is 2.56. The average Bonchev–Trinajstić information content (AvgIpc) is 2.78. The molecular weight excluding hydrogens is 499 g/mol. The van der Waals surface area contributed by atoms with Gasteiger partial charge < -0.3 is 0 Å². The number of aliphatic hydroxyl groups excluding tert-OH is 1. The van der Waals surface area contributed by atoms with Crippen molar-refractivity contribution in [3.63, 3.8) is 0 Å². The Labute approximate surface area is 192 Å². The minimum absolute atomic E-state index is 0.192. The summed E-state index contributed by atoms with van der Waals surface area (Å²) in [5, 5.41) is 10.1. The van der Waals surface area contributed by atoms with E-state index in [9.17, 15) is 5.11 Å². The van der Waals surface area contributed by atoms with Crippen molar-refractivity contribution >= 4 is 45.5 Å². The molecule has 1 heterocycles. The molecule has 1 saturated heterocycles. The van der Waals surface area contributed by atoms with Crippen molar-refractivity contribution in [1.82, 2.24) is 0 Å². The third kappa shape index (κ3) is 7.50. The first-order valence-electron chi connectivity index (χ1n) is 11.9. The van der Waals surface area contributed by atoms with Crippen LogP contribution in [0.5, 0.6) is 0 Å². The quantitative estimate of drug-likeness (QED) is 0.254. The van der Waals surface area contributed by atoms with Gasteiger partial charge >= 0.3 is 194 Å². The summed E-state index contributed by atoms with van der Waals surface area (Å²) in [5.41, 5.74) is 3.04. The van der Waals surface area contributed by atoms with Gasteiger partial charge in [-0.3, -0.25) is 0 Å². The zero-order valence-electron chi connectivity index (χ0n) is 18.9. The second kappa shape index (κ2) is 14.5. The molecule has 0 unspecified atom stereocenters. The van der Waals surface area contributed by atoms with E-state index in [2.05, 4.69) is 74.6 Å². The summed E-state index contributed by atoms with van der Waals surface area (Å²) in [7, 11) is 0. The Morgan fingerprint density at radius 2 is 1.52 bits per heavy atom. The number of unbranched alkanes of at least 4 members (excludes halogenated alkanes) is 3. The molecule has 164 valence electrons. The number of benzene rings is 1. The van der Waals surface area contributed by atoms with Crippen LogP contribution in [0.2, 0.25) is 13.3 Å². The third-order valence-corrected chi connectivity index (χ3v) is 25.0. The van der Waals surface area contributed by atoms with Crippen molar-refractivity contribution in [2.24, 2.45) is 0 Å². The van der Waals surface area contributed by atoms with Crippen molar-refractivity contribution in [2.45, 2.75) is 83.6 Å². The Kier molecular flexibility index (Phi) is 12.8. The van der Waals surface area contributed by atoms with Gasteiger partial charge in [-0.15, -0.1) is 0 Å². The van der Waals surface area contributed by atoms with E-state index in [-0.39, 0.29) is 6.61 Å². The summed E-state index contributed by atoms with van der Waals surface area (Å²) >= 11 is 1.64. The number of thioether (sulfide) groups is 2. The van der Waals surface area contributed by atoms with Crippen LogP contribution in [0, 0.1) is 0 Å². The van der Waals surface area contributed by atoms with E-state index < -0.39 is 18.4 Å². The first-order chi connectivity index (χ1) is 14.2. The topological polar surface area (TPSA) is 20.2 Å². The molecule has 1 aromatic rings. The molecule has 1 N–H and O–H groups in total. The third-order valence-electron chi connectivity index (χ3n) is 6.23. The molecule has 29 heavy (non-hydrogen) atoms. The van der Waals surface area contributed by atoms with E-state index in [0.717, 1.165) is 0 Å². The molecule has 1 nitrogen and oxygen atoms in total. The van der Waals surface area contributed by atoms with Crippen LogP contribution in [-0.2, 0) is 0 Å². The fourth-order valence-electron chi connectivity index (χ4n) is 4.64. The maximum atomic E-state index is 10.1. The molecule has 0 radical (unpaired) electrons. The van der Waals surface area contributed by atoms with E-state index in [1.165, 1.54) is 80.9 Å². The van der Waals surface area contributed by atoms with Crippen LogP contribution < -0.4 is 0 Å². The predicted octanol–water partition coefficient (Wildman–Crippen LogP) is 8.32. The number of hydrogen-bond donors (Lipinski definition) is 1. The van der Waals surface area contributed by atoms with Gasteiger partial charge in [0.25, 0.3) is 0 Å². The van der Waals surface area contributed by atoms with E-state index in [1.54, 1.807) is 3.59 Å². The number of rotatable bonds is 13. The average molecular weight is 541 g/mol. The van der Waals surface area contributed by atoms with Gasteiger partial charge in [0.1, 0.15) is 0 Å². The first kappa shape index (κ1) is 25.7. The SMILES string of the molecule is CCC[CH2][Sn]([CH2]CCC)([CH2]CCC)/[C](=C/CO)c1ccccc1C1SCCCS1. The molecule has 0 aromatic heterocycles. The van der Waals surface area contributed by atoms with Crippen molar-refractivity contribution in [3.05, 3.63) is 41.5 Å². The molecule has 0 spiro atoms. The van der Waals surface area contributed by atoms with Crippen molar-refractivity contribution in [2.75, 3.05) is 18.1 Å².